The predicted octanol–water partition coefficient (Wildman–Crippen LogP) is 2.99. The molecule has 1 rings (SSSR count). The van der Waals surface area contributed by atoms with Crippen molar-refractivity contribution in [3.8, 4) is 0 Å². The van der Waals surface area contributed by atoms with Crippen molar-refractivity contribution in [2.75, 3.05) is 26.8 Å². The highest BCUT2D eigenvalue weighted by atomic mass is 19.1. The average Bonchev–Trinajstić information content (AvgIpc) is 2.35. The summed E-state index contributed by atoms with van der Waals surface area (Å²) >= 11 is 0. The molecule has 0 aliphatic heterocycles. The molecule has 0 bridgehead atoms. The molecular weight excluding hydrogens is 236 g/mol. The molecule has 2 nitrogen and oxygen atoms in total. The third kappa shape index (κ3) is 4.94. The van der Waals surface area contributed by atoms with Gasteiger partial charge in [0.2, 0.25) is 0 Å². The quantitative estimate of drug-likeness (QED) is 0.756. The Bertz CT molecular complexity index is 405. The van der Waals surface area contributed by atoms with Crippen LogP contribution in [0, 0.1) is 11.6 Å². The largest absolute Gasteiger partial charge is 0.383 e. The number of hydrogen-bond acceptors (Lipinski definition) is 2. The van der Waals surface area contributed by atoms with Gasteiger partial charge in [-0.1, -0.05) is 18.6 Å². The number of ether oxygens (including phenoxy) is 1. The van der Waals surface area contributed by atoms with Gasteiger partial charge in [-0.2, -0.15) is 0 Å². The van der Waals surface area contributed by atoms with Crippen LogP contribution in [-0.2, 0) is 4.74 Å². The van der Waals surface area contributed by atoms with E-state index in [4.69, 9.17) is 4.74 Å². The summed E-state index contributed by atoms with van der Waals surface area (Å²) in [6.07, 6.45) is 2.57. The van der Waals surface area contributed by atoms with Crippen LogP contribution in [0.1, 0.15) is 18.9 Å². The van der Waals surface area contributed by atoms with Crippen molar-refractivity contribution in [3.05, 3.63) is 41.0 Å². The molecule has 4 heteroatoms. The number of methoxy groups -OCH3 is 1. The van der Waals surface area contributed by atoms with E-state index in [2.05, 4.69) is 5.32 Å². The molecule has 0 aliphatic rings. The van der Waals surface area contributed by atoms with Crippen molar-refractivity contribution in [1.82, 2.24) is 5.32 Å². The van der Waals surface area contributed by atoms with E-state index in [0.29, 0.717) is 18.7 Å². The van der Waals surface area contributed by atoms with Gasteiger partial charge in [-0.15, -0.1) is 0 Å². The molecule has 0 saturated carbocycles. The van der Waals surface area contributed by atoms with Gasteiger partial charge in [0, 0.05) is 31.8 Å². The molecule has 0 aromatic heterocycles. The minimum absolute atomic E-state index is 0.418. The lowest BCUT2D eigenvalue weighted by atomic mass is 10.1. The average molecular weight is 255 g/mol. The van der Waals surface area contributed by atoms with Gasteiger partial charge in [0.15, 0.2) is 0 Å². The van der Waals surface area contributed by atoms with Gasteiger partial charge in [0.05, 0.1) is 6.61 Å². The Morgan fingerprint density at radius 1 is 1.39 bits per heavy atom. The molecule has 0 radical (unpaired) electrons. The summed E-state index contributed by atoms with van der Waals surface area (Å²) in [6.45, 7) is 4.07. The molecule has 1 aromatic rings. The van der Waals surface area contributed by atoms with Crippen molar-refractivity contribution in [3.63, 3.8) is 0 Å². The molecule has 0 saturated heterocycles. The lowest BCUT2D eigenvalue weighted by Gasteiger charge is -2.07. The number of halogens is 2. The van der Waals surface area contributed by atoms with E-state index in [0.717, 1.165) is 24.6 Å². The van der Waals surface area contributed by atoms with Crippen LogP contribution in [0.3, 0.4) is 0 Å². The fourth-order valence-electron chi connectivity index (χ4n) is 1.54. The highest BCUT2D eigenvalue weighted by Crippen LogP contribution is 2.14. The molecule has 0 heterocycles. The van der Waals surface area contributed by atoms with Crippen LogP contribution in [0.2, 0.25) is 0 Å². The first-order chi connectivity index (χ1) is 8.67. The first kappa shape index (κ1) is 14.8. The molecule has 0 unspecified atom stereocenters. The minimum Gasteiger partial charge on any atom is -0.383 e. The van der Waals surface area contributed by atoms with Gasteiger partial charge in [0.25, 0.3) is 0 Å². The van der Waals surface area contributed by atoms with Crippen molar-refractivity contribution < 1.29 is 13.5 Å². The molecule has 18 heavy (non-hydrogen) atoms. The Balaban J connectivity index is 2.65. The molecule has 1 aromatic carbocycles. The molecule has 0 amide bonds. The lowest BCUT2D eigenvalue weighted by Crippen LogP contribution is -2.21. The van der Waals surface area contributed by atoms with E-state index in [1.807, 2.05) is 6.92 Å². The summed E-state index contributed by atoms with van der Waals surface area (Å²) in [5, 5.41) is 3.20. The first-order valence-corrected chi connectivity index (χ1v) is 6.01. The van der Waals surface area contributed by atoms with E-state index in [1.165, 1.54) is 12.1 Å². The first-order valence-electron chi connectivity index (χ1n) is 6.01. The maximum Gasteiger partial charge on any atom is 0.133 e. The van der Waals surface area contributed by atoms with Gasteiger partial charge in [-0.05, 0) is 18.6 Å². The van der Waals surface area contributed by atoms with Crippen LogP contribution in [0.4, 0.5) is 8.78 Å². The normalized spacial score (nSPS) is 11.9. The van der Waals surface area contributed by atoms with E-state index in [1.54, 1.807) is 13.2 Å². The summed E-state index contributed by atoms with van der Waals surface area (Å²) < 4.78 is 31.2. The second-order valence-corrected chi connectivity index (χ2v) is 3.99. The minimum atomic E-state index is -0.555. The van der Waals surface area contributed by atoms with Crippen LogP contribution < -0.4 is 5.32 Å². The van der Waals surface area contributed by atoms with Crippen LogP contribution in [0.5, 0.6) is 0 Å². The van der Waals surface area contributed by atoms with Crippen molar-refractivity contribution >= 4 is 6.08 Å². The summed E-state index contributed by atoms with van der Waals surface area (Å²) in [7, 11) is 1.64. The lowest BCUT2D eigenvalue weighted by molar-refractivity contribution is 0.200. The van der Waals surface area contributed by atoms with Gasteiger partial charge >= 0.3 is 0 Å². The van der Waals surface area contributed by atoms with Crippen molar-refractivity contribution in [2.24, 2.45) is 0 Å². The monoisotopic (exact) mass is 255 g/mol. The zero-order chi connectivity index (χ0) is 13.4. The topological polar surface area (TPSA) is 21.3 Å². The molecular formula is C14H19F2NO. The van der Waals surface area contributed by atoms with Gasteiger partial charge < -0.3 is 10.1 Å². The molecule has 0 atom stereocenters. The summed E-state index contributed by atoms with van der Waals surface area (Å²) in [5.41, 5.74) is 1.48. The fourth-order valence-corrected chi connectivity index (χ4v) is 1.54. The third-order valence-electron chi connectivity index (χ3n) is 2.61. The van der Waals surface area contributed by atoms with E-state index < -0.39 is 11.6 Å². The van der Waals surface area contributed by atoms with E-state index in [-0.39, 0.29) is 0 Å². The maximum absolute atomic E-state index is 13.5. The highest BCUT2D eigenvalue weighted by molar-refractivity contribution is 5.53. The Labute approximate surface area is 107 Å². The Morgan fingerprint density at radius 3 is 2.78 bits per heavy atom. The van der Waals surface area contributed by atoms with Crippen LogP contribution in [-0.4, -0.2) is 26.8 Å². The number of benzene rings is 1. The molecule has 1 N–H and O–H groups in total. The SMILES string of the molecule is CCC(=Cc1ccc(F)cc1F)CNCCOC. The zero-order valence-corrected chi connectivity index (χ0v) is 10.8. The summed E-state index contributed by atoms with van der Waals surface area (Å²) in [4.78, 5) is 0. The highest BCUT2D eigenvalue weighted by Gasteiger charge is 2.02. The fraction of sp³-hybridized carbons (Fsp3) is 0.429. The second kappa shape index (κ2) is 7.95. The second-order valence-electron chi connectivity index (χ2n) is 3.99. The van der Waals surface area contributed by atoms with Crippen LogP contribution in [0.15, 0.2) is 23.8 Å². The molecule has 100 valence electrons. The standard InChI is InChI=1S/C14H19F2NO/c1-3-11(10-17-6-7-18-2)8-12-4-5-13(15)9-14(12)16/h4-5,8-9,17H,3,6-7,10H2,1-2H3. The predicted molar refractivity (Wildman–Crippen MR) is 69.4 cm³/mol. The third-order valence-corrected chi connectivity index (χ3v) is 2.61. The molecule has 0 aliphatic carbocycles. The number of nitrogens with one attached hydrogen (secondary N) is 1. The molecule has 0 fully saturated rings. The number of rotatable bonds is 7. The van der Waals surface area contributed by atoms with Crippen molar-refractivity contribution in [2.45, 2.75) is 13.3 Å². The summed E-state index contributed by atoms with van der Waals surface area (Å²) in [6, 6.07) is 3.62. The van der Waals surface area contributed by atoms with Gasteiger partial charge in [0.1, 0.15) is 11.6 Å². The zero-order valence-electron chi connectivity index (χ0n) is 10.8. The van der Waals surface area contributed by atoms with Crippen LogP contribution >= 0.6 is 0 Å². The maximum atomic E-state index is 13.5. The summed E-state index contributed by atoms with van der Waals surface area (Å²) in [5.74, 6) is -1.08. The van der Waals surface area contributed by atoms with E-state index >= 15 is 0 Å². The Hall–Kier alpha value is -1.26. The molecule has 0 spiro atoms. The number of hydrogen-bond donors (Lipinski definition) is 1. The van der Waals surface area contributed by atoms with Crippen molar-refractivity contribution in [1.29, 1.82) is 0 Å². The Morgan fingerprint density at radius 2 is 2.17 bits per heavy atom. The smallest absolute Gasteiger partial charge is 0.133 e. The Kier molecular flexibility index (Phi) is 6.54. The van der Waals surface area contributed by atoms with Gasteiger partial charge in [-0.25, -0.2) is 8.78 Å². The van der Waals surface area contributed by atoms with E-state index in [9.17, 15) is 8.78 Å². The van der Waals surface area contributed by atoms with Gasteiger partial charge in [-0.3, -0.25) is 0 Å². The van der Waals surface area contributed by atoms with Crippen LogP contribution in [0.25, 0.3) is 6.08 Å².